The van der Waals surface area contributed by atoms with E-state index >= 15 is 0 Å². The Morgan fingerprint density at radius 3 is 2.56 bits per heavy atom. The van der Waals surface area contributed by atoms with Gasteiger partial charge in [0.15, 0.2) is 0 Å². The molecular weight excluding hydrogens is 336 g/mol. The fourth-order valence-corrected chi connectivity index (χ4v) is 3.69. The summed E-state index contributed by atoms with van der Waals surface area (Å²) >= 11 is 0. The Labute approximate surface area is 149 Å². The highest BCUT2D eigenvalue weighted by molar-refractivity contribution is 7.88. The smallest absolute Gasteiger partial charge is 0.209 e. The molecule has 0 bridgehead atoms. The zero-order valence-electron chi connectivity index (χ0n) is 14.5. The molecule has 0 radical (unpaired) electrons. The number of likely N-dealkylation sites (N-methyl/N-ethyl adjacent to an activating group) is 1. The second kappa shape index (κ2) is 7.56. The number of hydrogen-bond acceptors (Lipinski definition) is 4. The van der Waals surface area contributed by atoms with Crippen molar-refractivity contribution in [3.05, 3.63) is 65.2 Å². The summed E-state index contributed by atoms with van der Waals surface area (Å²) in [6, 6.07) is 16.5. The van der Waals surface area contributed by atoms with Crippen molar-refractivity contribution in [1.82, 2.24) is 10.0 Å². The molecule has 6 heteroatoms. The molecule has 25 heavy (non-hydrogen) atoms. The Kier molecular flexibility index (Phi) is 5.42. The summed E-state index contributed by atoms with van der Waals surface area (Å²) in [4.78, 5) is 0. The van der Waals surface area contributed by atoms with Crippen LogP contribution in [-0.2, 0) is 23.0 Å². The van der Waals surface area contributed by atoms with Crippen molar-refractivity contribution in [2.24, 2.45) is 0 Å². The first-order valence-electron chi connectivity index (χ1n) is 8.38. The highest BCUT2D eigenvalue weighted by Gasteiger charge is 2.30. The van der Waals surface area contributed by atoms with Crippen molar-refractivity contribution in [3.63, 3.8) is 0 Å². The molecule has 3 rings (SSSR count). The summed E-state index contributed by atoms with van der Waals surface area (Å²) < 4.78 is 31.1. The minimum Gasteiger partial charge on any atom is -0.492 e. The van der Waals surface area contributed by atoms with Crippen LogP contribution < -0.4 is 14.8 Å². The van der Waals surface area contributed by atoms with Crippen LogP contribution in [0.2, 0.25) is 0 Å². The molecule has 2 aromatic carbocycles. The van der Waals surface area contributed by atoms with Crippen molar-refractivity contribution in [3.8, 4) is 5.75 Å². The van der Waals surface area contributed by atoms with E-state index < -0.39 is 10.0 Å². The van der Waals surface area contributed by atoms with Crippen LogP contribution in [0.4, 0.5) is 0 Å². The monoisotopic (exact) mass is 360 g/mol. The fourth-order valence-electron chi connectivity index (χ4n) is 3.26. The molecule has 5 nitrogen and oxygen atoms in total. The van der Waals surface area contributed by atoms with E-state index in [2.05, 4.69) is 40.4 Å². The van der Waals surface area contributed by atoms with Crippen molar-refractivity contribution >= 4 is 10.0 Å². The average Bonchev–Trinajstić information content (AvgIpc) is 2.60. The Bertz CT molecular complexity index is 822. The van der Waals surface area contributed by atoms with E-state index in [1.807, 2.05) is 25.2 Å². The molecule has 2 atom stereocenters. The van der Waals surface area contributed by atoms with E-state index in [0.29, 0.717) is 6.61 Å². The average molecular weight is 360 g/mol. The van der Waals surface area contributed by atoms with Crippen molar-refractivity contribution < 1.29 is 13.2 Å². The number of sulfonamides is 1. The highest BCUT2D eigenvalue weighted by Crippen LogP contribution is 2.36. The summed E-state index contributed by atoms with van der Waals surface area (Å²) in [5.41, 5.74) is 3.34. The van der Waals surface area contributed by atoms with Gasteiger partial charge in [0.2, 0.25) is 10.0 Å². The molecule has 1 aliphatic heterocycles. The van der Waals surface area contributed by atoms with Gasteiger partial charge in [-0.3, -0.25) is 0 Å². The molecule has 0 spiro atoms. The number of benzene rings is 2. The summed E-state index contributed by atoms with van der Waals surface area (Å²) in [7, 11) is -1.26. The number of fused-ring (bicyclic) bond motifs is 1. The van der Waals surface area contributed by atoms with E-state index in [9.17, 15) is 8.42 Å². The number of ether oxygens (including phenoxy) is 1. The van der Waals surface area contributed by atoms with E-state index in [0.717, 1.165) is 23.3 Å². The second-order valence-electron chi connectivity index (χ2n) is 6.47. The molecule has 0 saturated heterocycles. The third-order valence-corrected chi connectivity index (χ3v) is 5.25. The summed E-state index contributed by atoms with van der Waals surface area (Å²) in [5, 5.41) is 3.35. The fraction of sp³-hybridized carbons (Fsp3) is 0.368. The largest absolute Gasteiger partial charge is 0.492 e. The van der Waals surface area contributed by atoms with Gasteiger partial charge >= 0.3 is 0 Å². The Balaban J connectivity index is 1.89. The third-order valence-electron chi connectivity index (χ3n) is 4.59. The highest BCUT2D eigenvalue weighted by atomic mass is 32.2. The van der Waals surface area contributed by atoms with Gasteiger partial charge in [-0.2, -0.15) is 0 Å². The minimum atomic E-state index is -3.21. The van der Waals surface area contributed by atoms with Crippen LogP contribution in [0.5, 0.6) is 5.75 Å². The summed E-state index contributed by atoms with van der Waals surface area (Å²) in [6.45, 7) is 0.913. The normalized spacial score (nSPS) is 19.9. The third kappa shape index (κ3) is 4.60. The van der Waals surface area contributed by atoms with Crippen LogP contribution >= 0.6 is 0 Å². The van der Waals surface area contributed by atoms with E-state index in [4.69, 9.17) is 4.74 Å². The number of rotatable bonds is 6. The number of hydrogen-bond donors (Lipinski definition) is 2. The molecule has 134 valence electrons. The Morgan fingerprint density at radius 2 is 1.88 bits per heavy atom. The van der Waals surface area contributed by atoms with Gasteiger partial charge in [0.05, 0.1) is 6.26 Å². The topological polar surface area (TPSA) is 67.4 Å². The van der Waals surface area contributed by atoms with Gasteiger partial charge in [0.25, 0.3) is 0 Å². The van der Waals surface area contributed by atoms with Crippen molar-refractivity contribution in [1.29, 1.82) is 0 Å². The van der Waals surface area contributed by atoms with Crippen LogP contribution in [0.1, 0.15) is 22.6 Å². The molecule has 1 heterocycles. The van der Waals surface area contributed by atoms with Gasteiger partial charge < -0.3 is 10.1 Å². The predicted octanol–water partition coefficient (Wildman–Crippen LogP) is 2.04. The van der Waals surface area contributed by atoms with Crippen LogP contribution in [0, 0.1) is 0 Å². The quantitative estimate of drug-likeness (QED) is 0.827. The van der Waals surface area contributed by atoms with E-state index in [1.54, 1.807) is 0 Å². The maximum atomic E-state index is 11.4. The SMILES string of the molecule is CN[C@@H]1COc2ccc(CNS(C)(=O)=O)cc2[C@@H]1Cc1ccccc1. The van der Waals surface area contributed by atoms with E-state index in [-0.39, 0.29) is 18.5 Å². The first-order valence-corrected chi connectivity index (χ1v) is 10.3. The van der Waals surface area contributed by atoms with Crippen LogP contribution in [0.15, 0.2) is 48.5 Å². The molecule has 2 aromatic rings. The van der Waals surface area contributed by atoms with Crippen molar-refractivity contribution in [2.75, 3.05) is 19.9 Å². The predicted molar refractivity (Wildman–Crippen MR) is 99.4 cm³/mol. The molecule has 0 fully saturated rings. The molecular formula is C19H24N2O3S. The lowest BCUT2D eigenvalue weighted by atomic mass is 9.83. The van der Waals surface area contributed by atoms with E-state index in [1.165, 1.54) is 11.8 Å². The lowest BCUT2D eigenvalue weighted by Crippen LogP contribution is -2.41. The molecule has 0 unspecified atom stereocenters. The first-order chi connectivity index (χ1) is 12.0. The molecule has 0 aromatic heterocycles. The van der Waals surface area contributed by atoms with Gasteiger partial charge in [-0.25, -0.2) is 13.1 Å². The van der Waals surface area contributed by atoms with Crippen LogP contribution in [0.3, 0.4) is 0 Å². The lowest BCUT2D eigenvalue weighted by Gasteiger charge is -2.34. The van der Waals surface area contributed by atoms with Gasteiger partial charge in [-0.05, 0) is 36.2 Å². The molecule has 1 aliphatic rings. The standard InChI is InChI=1S/C19H24N2O3S/c1-20-18-13-24-19-9-8-15(12-21-25(2,22)23)11-17(19)16(18)10-14-6-4-3-5-7-14/h3-9,11,16,18,20-21H,10,12-13H2,1-2H3/t16-,18+/m0/s1. The maximum absolute atomic E-state index is 11.4. The zero-order valence-corrected chi connectivity index (χ0v) is 15.3. The van der Waals surface area contributed by atoms with Crippen LogP contribution in [0.25, 0.3) is 0 Å². The summed E-state index contributed by atoms with van der Waals surface area (Å²) in [6.07, 6.45) is 2.08. The summed E-state index contributed by atoms with van der Waals surface area (Å²) in [5.74, 6) is 1.16. The van der Waals surface area contributed by atoms with Gasteiger partial charge in [-0.1, -0.05) is 42.5 Å². The van der Waals surface area contributed by atoms with Gasteiger partial charge in [0, 0.05) is 18.5 Å². The maximum Gasteiger partial charge on any atom is 0.209 e. The molecule has 0 saturated carbocycles. The second-order valence-corrected chi connectivity index (χ2v) is 8.30. The molecule has 2 N–H and O–H groups in total. The van der Waals surface area contributed by atoms with Crippen LogP contribution in [-0.4, -0.2) is 34.4 Å². The van der Waals surface area contributed by atoms with Gasteiger partial charge in [0.1, 0.15) is 12.4 Å². The lowest BCUT2D eigenvalue weighted by molar-refractivity contribution is 0.218. The van der Waals surface area contributed by atoms with Crippen molar-refractivity contribution in [2.45, 2.75) is 24.9 Å². The zero-order chi connectivity index (χ0) is 17.9. The molecule has 0 aliphatic carbocycles. The Morgan fingerprint density at radius 1 is 1.12 bits per heavy atom. The first kappa shape index (κ1) is 17.9. The Hall–Kier alpha value is -1.89. The van der Waals surface area contributed by atoms with Gasteiger partial charge in [-0.15, -0.1) is 0 Å². The number of nitrogens with one attached hydrogen (secondary N) is 2. The minimum absolute atomic E-state index is 0.214. The molecule has 0 amide bonds.